The fourth-order valence-electron chi connectivity index (χ4n) is 1.37. The van der Waals surface area contributed by atoms with Crippen molar-refractivity contribution >= 4 is 17.9 Å². The molecule has 0 aliphatic carbocycles. The van der Waals surface area contributed by atoms with Gasteiger partial charge in [-0.2, -0.15) is 0 Å². The van der Waals surface area contributed by atoms with Crippen LogP contribution in [0.15, 0.2) is 12.5 Å². The van der Waals surface area contributed by atoms with Crippen LogP contribution in [0, 0.1) is 0 Å². The average molecular weight is 283 g/mol. The van der Waals surface area contributed by atoms with E-state index in [4.69, 9.17) is 5.11 Å². The molecule has 1 aromatic heterocycles. The topological polar surface area (TPSA) is 125 Å². The van der Waals surface area contributed by atoms with Crippen LogP contribution in [0.1, 0.15) is 17.4 Å². The fraction of sp³-hybridized carbons (Fsp3) is 0.455. The first-order valence-electron chi connectivity index (χ1n) is 6.00. The SMILES string of the molecule is CC(=O)NCCNC(=O)NCCn1cnc(C(=O)O)c1. The molecule has 1 aromatic rings. The van der Waals surface area contributed by atoms with Crippen molar-refractivity contribution in [2.75, 3.05) is 19.6 Å². The predicted octanol–water partition coefficient (Wildman–Crippen LogP) is -0.983. The minimum Gasteiger partial charge on any atom is -0.476 e. The zero-order valence-corrected chi connectivity index (χ0v) is 11.0. The molecule has 1 rings (SSSR count). The van der Waals surface area contributed by atoms with Gasteiger partial charge in [0.1, 0.15) is 0 Å². The van der Waals surface area contributed by atoms with Gasteiger partial charge in [-0.25, -0.2) is 14.6 Å². The van der Waals surface area contributed by atoms with Crippen molar-refractivity contribution in [3.63, 3.8) is 0 Å². The molecule has 0 fully saturated rings. The Bertz CT molecular complexity index is 485. The number of nitrogens with one attached hydrogen (secondary N) is 3. The largest absolute Gasteiger partial charge is 0.476 e. The zero-order valence-electron chi connectivity index (χ0n) is 11.0. The summed E-state index contributed by atoms with van der Waals surface area (Å²) < 4.78 is 1.57. The first-order valence-corrected chi connectivity index (χ1v) is 6.00. The van der Waals surface area contributed by atoms with Crippen LogP contribution in [-0.4, -0.2) is 52.2 Å². The number of carbonyl (C=O) groups excluding carboxylic acids is 2. The molecule has 0 radical (unpaired) electrons. The lowest BCUT2D eigenvalue weighted by Crippen LogP contribution is -2.40. The molecule has 0 unspecified atom stereocenters. The number of rotatable bonds is 7. The molecule has 0 saturated heterocycles. The van der Waals surface area contributed by atoms with Gasteiger partial charge in [-0.05, 0) is 0 Å². The predicted molar refractivity (Wildman–Crippen MR) is 69.3 cm³/mol. The Kier molecular flexibility index (Phi) is 6.01. The number of aromatic carboxylic acids is 1. The number of carboxylic acids is 1. The Morgan fingerprint density at radius 2 is 1.85 bits per heavy atom. The van der Waals surface area contributed by atoms with Crippen LogP contribution in [0.3, 0.4) is 0 Å². The minimum atomic E-state index is -1.09. The smallest absolute Gasteiger partial charge is 0.356 e. The van der Waals surface area contributed by atoms with E-state index in [0.29, 0.717) is 26.2 Å². The van der Waals surface area contributed by atoms with Crippen LogP contribution >= 0.6 is 0 Å². The number of hydrogen-bond acceptors (Lipinski definition) is 4. The second kappa shape index (κ2) is 7.77. The van der Waals surface area contributed by atoms with Gasteiger partial charge < -0.3 is 25.6 Å². The summed E-state index contributed by atoms with van der Waals surface area (Å²) in [5, 5.41) is 16.4. The Morgan fingerprint density at radius 3 is 2.45 bits per heavy atom. The second-order valence-electron chi connectivity index (χ2n) is 3.97. The second-order valence-corrected chi connectivity index (χ2v) is 3.97. The highest BCUT2D eigenvalue weighted by atomic mass is 16.4. The third kappa shape index (κ3) is 5.85. The number of imidazole rings is 1. The molecule has 9 nitrogen and oxygen atoms in total. The van der Waals surface area contributed by atoms with Crippen molar-refractivity contribution < 1.29 is 19.5 Å². The lowest BCUT2D eigenvalue weighted by Gasteiger charge is -2.08. The number of urea groups is 1. The van der Waals surface area contributed by atoms with Crippen molar-refractivity contribution in [1.82, 2.24) is 25.5 Å². The monoisotopic (exact) mass is 283 g/mol. The molecule has 0 aliphatic rings. The van der Waals surface area contributed by atoms with Crippen LogP contribution < -0.4 is 16.0 Å². The molecule has 0 spiro atoms. The van der Waals surface area contributed by atoms with E-state index in [1.54, 1.807) is 4.57 Å². The van der Waals surface area contributed by atoms with Crippen LogP contribution in [0.25, 0.3) is 0 Å². The van der Waals surface area contributed by atoms with E-state index in [2.05, 4.69) is 20.9 Å². The van der Waals surface area contributed by atoms with E-state index in [9.17, 15) is 14.4 Å². The van der Waals surface area contributed by atoms with E-state index < -0.39 is 5.97 Å². The number of nitrogens with zero attached hydrogens (tertiary/aromatic N) is 2. The van der Waals surface area contributed by atoms with Gasteiger partial charge in [0.2, 0.25) is 5.91 Å². The van der Waals surface area contributed by atoms with Crippen molar-refractivity contribution in [1.29, 1.82) is 0 Å². The minimum absolute atomic E-state index is 0.0373. The summed E-state index contributed by atoms with van der Waals surface area (Å²) in [5.41, 5.74) is -0.0373. The first kappa shape index (κ1) is 15.5. The third-order valence-corrected chi connectivity index (χ3v) is 2.29. The standard InChI is InChI=1S/C11H17N5O4/c1-8(17)12-2-3-13-11(20)14-4-5-16-6-9(10(18)19)15-7-16/h6-7H,2-5H2,1H3,(H,12,17)(H,18,19)(H2,13,14,20). The summed E-state index contributed by atoms with van der Waals surface area (Å²) in [5.74, 6) is -1.24. The summed E-state index contributed by atoms with van der Waals surface area (Å²) in [6.07, 6.45) is 2.78. The summed E-state index contributed by atoms with van der Waals surface area (Å²) in [4.78, 5) is 36.2. The Labute approximate surface area is 115 Å². The highest BCUT2D eigenvalue weighted by molar-refractivity contribution is 5.84. The lowest BCUT2D eigenvalue weighted by atomic mass is 10.5. The molecule has 0 bridgehead atoms. The molecule has 0 aromatic carbocycles. The van der Waals surface area contributed by atoms with E-state index in [-0.39, 0.29) is 17.6 Å². The molecular weight excluding hydrogens is 266 g/mol. The number of hydrogen-bond donors (Lipinski definition) is 4. The number of carboxylic acid groups (broad SMARTS) is 1. The van der Waals surface area contributed by atoms with E-state index in [0.717, 1.165) is 0 Å². The summed E-state index contributed by atoms with van der Waals surface area (Å²) in [6, 6.07) is -0.353. The van der Waals surface area contributed by atoms with Gasteiger partial charge in [-0.3, -0.25) is 4.79 Å². The zero-order chi connectivity index (χ0) is 15.0. The van der Waals surface area contributed by atoms with Crippen LogP contribution in [-0.2, 0) is 11.3 Å². The molecule has 0 saturated carbocycles. The Morgan fingerprint density at radius 1 is 1.20 bits per heavy atom. The molecule has 3 amide bonds. The van der Waals surface area contributed by atoms with Gasteiger partial charge in [0.05, 0.1) is 6.33 Å². The van der Waals surface area contributed by atoms with Crippen molar-refractivity contribution in [2.45, 2.75) is 13.5 Å². The molecule has 9 heteroatoms. The maximum atomic E-state index is 11.3. The van der Waals surface area contributed by atoms with Gasteiger partial charge >= 0.3 is 12.0 Å². The molecule has 110 valence electrons. The van der Waals surface area contributed by atoms with Crippen LogP contribution in [0.2, 0.25) is 0 Å². The maximum Gasteiger partial charge on any atom is 0.356 e. The van der Waals surface area contributed by atoms with Crippen molar-refractivity contribution in [3.8, 4) is 0 Å². The summed E-state index contributed by atoms with van der Waals surface area (Å²) in [7, 11) is 0. The van der Waals surface area contributed by atoms with Gasteiger partial charge in [0.15, 0.2) is 5.69 Å². The fourth-order valence-corrected chi connectivity index (χ4v) is 1.37. The highest BCUT2D eigenvalue weighted by Gasteiger charge is 2.06. The summed E-state index contributed by atoms with van der Waals surface area (Å²) >= 11 is 0. The van der Waals surface area contributed by atoms with Gasteiger partial charge in [-0.15, -0.1) is 0 Å². The quantitative estimate of drug-likeness (QED) is 0.478. The molecule has 0 aliphatic heterocycles. The highest BCUT2D eigenvalue weighted by Crippen LogP contribution is 1.95. The normalized spacial score (nSPS) is 9.85. The Hall–Kier alpha value is -2.58. The van der Waals surface area contributed by atoms with E-state index in [1.807, 2.05) is 0 Å². The van der Waals surface area contributed by atoms with E-state index >= 15 is 0 Å². The molecule has 20 heavy (non-hydrogen) atoms. The number of carbonyl (C=O) groups is 3. The lowest BCUT2D eigenvalue weighted by molar-refractivity contribution is -0.118. The van der Waals surface area contributed by atoms with Gasteiger partial charge in [0, 0.05) is 39.3 Å². The van der Waals surface area contributed by atoms with Crippen LogP contribution in [0.5, 0.6) is 0 Å². The maximum absolute atomic E-state index is 11.3. The van der Waals surface area contributed by atoms with Gasteiger partial charge in [0.25, 0.3) is 0 Å². The van der Waals surface area contributed by atoms with Crippen molar-refractivity contribution in [2.24, 2.45) is 0 Å². The molecule has 4 N–H and O–H groups in total. The molecule has 0 atom stereocenters. The summed E-state index contributed by atoms with van der Waals surface area (Å²) in [6.45, 7) is 2.85. The third-order valence-electron chi connectivity index (χ3n) is 2.29. The molecule has 1 heterocycles. The van der Waals surface area contributed by atoms with Crippen LogP contribution in [0.4, 0.5) is 4.79 Å². The number of aromatic nitrogens is 2. The van der Waals surface area contributed by atoms with E-state index in [1.165, 1.54) is 19.4 Å². The first-order chi connectivity index (χ1) is 9.49. The number of amides is 3. The Balaban J connectivity index is 2.15. The van der Waals surface area contributed by atoms with Gasteiger partial charge in [-0.1, -0.05) is 0 Å². The molecular formula is C11H17N5O4. The van der Waals surface area contributed by atoms with Crippen molar-refractivity contribution in [3.05, 3.63) is 18.2 Å². The average Bonchev–Trinajstić information content (AvgIpc) is 2.83.